The number of esters is 1. The molecule has 1 rings (SSSR count). The Hall–Kier alpha value is -2.28. The van der Waals surface area contributed by atoms with Crippen LogP contribution in [0.5, 0.6) is 11.5 Å². The lowest BCUT2D eigenvalue weighted by molar-refractivity contribution is -0.145. The van der Waals surface area contributed by atoms with E-state index in [1.807, 2.05) is 28.7 Å². The number of benzene rings is 1. The summed E-state index contributed by atoms with van der Waals surface area (Å²) in [5.74, 6) is -0.0884. The van der Waals surface area contributed by atoms with Crippen LogP contribution in [0.1, 0.15) is 12.5 Å². The molecule has 0 aromatic heterocycles. The smallest absolute Gasteiger partial charge is 0.344 e. The van der Waals surface area contributed by atoms with Gasteiger partial charge in [0.1, 0.15) is 11.6 Å². The molecule has 0 bridgehead atoms. The lowest BCUT2D eigenvalue weighted by Crippen LogP contribution is -2.22. The summed E-state index contributed by atoms with van der Waals surface area (Å²) >= 11 is 2.03. The number of methoxy groups -OCH3 is 1. The molecule has 0 saturated heterocycles. The second-order valence-corrected chi connectivity index (χ2v) is 6.16. The predicted molar refractivity (Wildman–Crippen MR) is 100 cm³/mol. The maximum Gasteiger partial charge on any atom is 0.344 e. The molecule has 0 unspecified atom stereocenters. The van der Waals surface area contributed by atoms with E-state index in [4.69, 9.17) is 14.2 Å². The molecule has 0 saturated carbocycles. The molecular formula is C17H19IN2O5. The number of likely N-dealkylation sites (N-methyl/N-ethyl adjacent to an activating group) is 1. The third-order valence-corrected chi connectivity index (χ3v) is 3.76. The molecule has 0 radical (unpaired) electrons. The van der Waals surface area contributed by atoms with Crippen LogP contribution in [0.15, 0.2) is 17.7 Å². The summed E-state index contributed by atoms with van der Waals surface area (Å²) in [7, 11) is 4.61. The quantitative estimate of drug-likeness (QED) is 0.270. The second-order valence-electron chi connectivity index (χ2n) is 5.00. The van der Waals surface area contributed by atoms with Crippen LogP contribution in [0.4, 0.5) is 0 Å². The van der Waals surface area contributed by atoms with Crippen LogP contribution in [0.2, 0.25) is 0 Å². The van der Waals surface area contributed by atoms with E-state index < -0.39 is 5.97 Å². The maximum atomic E-state index is 11.9. The van der Waals surface area contributed by atoms with E-state index >= 15 is 0 Å². The first-order valence-electron chi connectivity index (χ1n) is 7.33. The minimum Gasteiger partial charge on any atom is -0.493 e. The standard InChI is InChI=1S/C17H19IN2O5/c1-5-24-15(21)10-25-16-13(18)7-11(8-14(16)23-4)6-12(9-19)17(22)20(2)3/h6-8H,5,10H2,1-4H3/b12-6-. The van der Waals surface area contributed by atoms with Crippen LogP contribution in [0, 0.1) is 14.9 Å². The van der Waals surface area contributed by atoms with Crippen molar-refractivity contribution in [1.82, 2.24) is 4.90 Å². The van der Waals surface area contributed by atoms with Crippen LogP contribution in [0.25, 0.3) is 6.08 Å². The van der Waals surface area contributed by atoms with E-state index in [1.54, 1.807) is 33.2 Å². The number of carbonyl (C=O) groups excluding carboxylic acids is 2. The van der Waals surface area contributed by atoms with Crippen molar-refractivity contribution in [2.75, 3.05) is 34.4 Å². The van der Waals surface area contributed by atoms with Gasteiger partial charge in [0.2, 0.25) is 0 Å². The summed E-state index contributed by atoms with van der Waals surface area (Å²) in [4.78, 5) is 24.7. The molecular weight excluding hydrogens is 439 g/mol. The molecule has 25 heavy (non-hydrogen) atoms. The molecule has 1 aromatic carbocycles. The highest BCUT2D eigenvalue weighted by molar-refractivity contribution is 14.1. The van der Waals surface area contributed by atoms with E-state index in [-0.39, 0.29) is 24.7 Å². The first kappa shape index (κ1) is 20.8. The fourth-order valence-electron chi connectivity index (χ4n) is 1.85. The van der Waals surface area contributed by atoms with Crippen molar-refractivity contribution in [2.24, 2.45) is 0 Å². The Labute approximate surface area is 160 Å². The van der Waals surface area contributed by atoms with Gasteiger partial charge in [-0.2, -0.15) is 5.26 Å². The van der Waals surface area contributed by atoms with E-state index in [2.05, 4.69) is 0 Å². The van der Waals surface area contributed by atoms with Crippen LogP contribution < -0.4 is 9.47 Å². The molecule has 0 fully saturated rings. The van der Waals surface area contributed by atoms with E-state index in [0.717, 1.165) is 0 Å². The zero-order valence-corrected chi connectivity index (χ0v) is 16.6. The molecule has 0 aliphatic carbocycles. The highest BCUT2D eigenvalue weighted by atomic mass is 127. The number of halogens is 1. The minimum absolute atomic E-state index is 0.00282. The number of nitrogens with zero attached hydrogens (tertiary/aromatic N) is 2. The third-order valence-electron chi connectivity index (χ3n) is 2.96. The normalized spacial score (nSPS) is 10.6. The van der Waals surface area contributed by atoms with Crippen LogP contribution in [0.3, 0.4) is 0 Å². The summed E-state index contributed by atoms with van der Waals surface area (Å²) < 4.78 is 16.3. The molecule has 0 aliphatic heterocycles. The maximum absolute atomic E-state index is 11.9. The molecule has 0 aliphatic rings. The van der Waals surface area contributed by atoms with Gasteiger partial charge >= 0.3 is 5.97 Å². The number of nitriles is 1. The van der Waals surface area contributed by atoms with Gasteiger partial charge < -0.3 is 19.1 Å². The van der Waals surface area contributed by atoms with Gasteiger partial charge in [-0.3, -0.25) is 4.79 Å². The highest BCUT2D eigenvalue weighted by Crippen LogP contribution is 2.34. The van der Waals surface area contributed by atoms with E-state index in [1.165, 1.54) is 18.1 Å². The van der Waals surface area contributed by atoms with E-state index in [0.29, 0.717) is 20.6 Å². The van der Waals surface area contributed by atoms with Crippen molar-refractivity contribution < 1.29 is 23.8 Å². The van der Waals surface area contributed by atoms with Gasteiger partial charge in [0.15, 0.2) is 18.1 Å². The van der Waals surface area contributed by atoms with Crippen molar-refractivity contribution in [3.63, 3.8) is 0 Å². The average molecular weight is 458 g/mol. The Morgan fingerprint density at radius 3 is 2.56 bits per heavy atom. The van der Waals surface area contributed by atoms with Crippen LogP contribution in [-0.4, -0.2) is 51.2 Å². The first-order valence-corrected chi connectivity index (χ1v) is 8.41. The van der Waals surface area contributed by atoms with Crippen molar-refractivity contribution >= 4 is 40.5 Å². The third kappa shape index (κ3) is 5.94. The summed E-state index contributed by atoms with van der Waals surface area (Å²) in [5.41, 5.74) is 0.611. The molecule has 134 valence electrons. The predicted octanol–water partition coefficient (Wildman–Crippen LogP) is 2.24. The fraction of sp³-hybridized carbons (Fsp3) is 0.353. The number of carbonyl (C=O) groups is 2. The Kier molecular flexibility index (Phi) is 8.21. The molecule has 0 N–H and O–H groups in total. The summed E-state index contributed by atoms with van der Waals surface area (Å²) in [6.07, 6.45) is 1.47. The average Bonchev–Trinajstić information content (AvgIpc) is 2.57. The Morgan fingerprint density at radius 2 is 2.04 bits per heavy atom. The van der Waals surface area contributed by atoms with Gasteiger partial charge in [-0.1, -0.05) is 0 Å². The van der Waals surface area contributed by atoms with Crippen LogP contribution in [-0.2, 0) is 14.3 Å². The zero-order chi connectivity index (χ0) is 19.0. The topological polar surface area (TPSA) is 88.9 Å². The lowest BCUT2D eigenvalue weighted by atomic mass is 10.1. The molecule has 0 spiro atoms. The van der Waals surface area contributed by atoms with Crippen molar-refractivity contribution in [3.8, 4) is 17.6 Å². The Morgan fingerprint density at radius 1 is 1.36 bits per heavy atom. The van der Waals surface area contributed by atoms with Gasteiger partial charge in [-0.25, -0.2) is 4.79 Å². The number of ether oxygens (including phenoxy) is 3. The molecule has 1 aromatic rings. The largest absolute Gasteiger partial charge is 0.493 e. The lowest BCUT2D eigenvalue weighted by Gasteiger charge is -2.13. The molecule has 1 amide bonds. The summed E-state index contributed by atoms with van der Waals surface area (Å²) in [6.45, 7) is 1.75. The molecule has 7 nitrogen and oxygen atoms in total. The van der Waals surface area contributed by atoms with Crippen LogP contribution >= 0.6 is 22.6 Å². The number of hydrogen-bond acceptors (Lipinski definition) is 6. The zero-order valence-electron chi connectivity index (χ0n) is 14.5. The molecule has 8 heteroatoms. The van der Waals surface area contributed by atoms with Crippen molar-refractivity contribution in [3.05, 3.63) is 26.8 Å². The number of rotatable bonds is 7. The molecule has 0 atom stereocenters. The van der Waals surface area contributed by atoms with Gasteiger partial charge in [-0.15, -0.1) is 0 Å². The summed E-state index contributed by atoms with van der Waals surface area (Å²) in [6, 6.07) is 5.25. The number of hydrogen-bond donors (Lipinski definition) is 0. The van der Waals surface area contributed by atoms with Crippen molar-refractivity contribution in [2.45, 2.75) is 6.92 Å². The number of amides is 1. The highest BCUT2D eigenvalue weighted by Gasteiger charge is 2.16. The first-order chi connectivity index (χ1) is 11.8. The van der Waals surface area contributed by atoms with Gasteiger partial charge in [0, 0.05) is 14.1 Å². The summed E-state index contributed by atoms with van der Waals surface area (Å²) in [5, 5.41) is 9.18. The molecule has 0 heterocycles. The fourth-order valence-corrected chi connectivity index (χ4v) is 2.63. The van der Waals surface area contributed by atoms with Crippen molar-refractivity contribution in [1.29, 1.82) is 5.26 Å². The minimum atomic E-state index is -0.479. The second kappa shape index (κ2) is 9.88. The monoisotopic (exact) mass is 458 g/mol. The Balaban J connectivity index is 3.15. The SMILES string of the molecule is CCOC(=O)COc1c(I)cc(/C=C(/C#N)C(=O)N(C)C)cc1OC. The van der Waals surface area contributed by atoms with Gasteiger partial charge in [0.05, 0.1) is 17.3 Å². The van der Waals surface area contributed by atoms with Gasteiger partial charge in [0.25, 0.3) is 5.91 Å². The Bertz CT molecular complexity index is 722. The van der Waals surface area contributed by atoms with Gasteiger partial charge in [-0.05, 0) is 53.3 Å². The van der Waals surface area contributed by atoms with E-state index in [9.17, 15) is 14.9 Å².